The van der Waals surface area contributed by atoms with Crippen molar-refractivity contribution in [3.63, 3.8) is 0 Å². The molecule has 3 rings (SSSR count). The van der Waals surface area contributed by atoms with Crippen molar-refractivity contribution in [2.45, 2.75) is 0 Å². The lowest BCUT2D eigenvalue weighted by molar-refractivity contribution is -0.110. The third-order valence-electron chi connectivity index (χ3n) is 2.53. The third-order valence-corrected chi connectivity index (χ3v) is 2.53. The molecule has 0 aliphatic carbocycles. The summed E-state index contributed by atoms with van der Waals surface area (Å²) in [6.45, 7) is 0. The van der Waals surface area contributed by atoms with Gasteiger partial charge in [-0.25, -0.2) is 0 Å². The van der Waals surface area contributed by atoms with Crippen LogP contribution in [-0.4, -0.2) is 15.9 Å². The first-order valence-corrected chi connectivity index (χ1v) is 4.95. The quantitative estimate of drug-likeness (QED) is 0.708. The molecule has 3 heterocycles. The second-order valence-corrected chi connectivity index (χ2v) is 3.56. The molecule has 2 N–H and O–H groups in total. The zero-order valence-corrected chi connectivity index (χ0v) is 8.40. The Morgan fingerprint density at radius 2 is 2.25 bits per heavy atom. The van der Waals surface area contributed by atoms with E-state index >= 15 is 0 Å². The fourth-order valence-electron chi connectivity index (χ4n) is 1.77. The van der Waals surface area contributed by atoms with E-state index in [-0.39, 0.29) is 5.91 Å². The van der Waals surface area contributed by atoms with Crippen LogP contribution >= 0.6 is 0 Å². The van der Waals surface area contributed by atoms with Gasteiger partial charge in [0.1, 0.15) is 0 Å². The van der Waals surface area contributed by atoms with E-state index in [2.05, 4.69) is 15.3 Å². The number of anilines is 1. The molecule has 0 radical (unpaired) electrons. The number of aromatic amines is 1. The zero-order valence-electron chi connectivity index (χ0n) is 8.40. The van der Waals surface area contributed by atoms with Gasteiger partial charge in [0.2, 0.25) is 0 Å². The lowest BCUT2D eigenvalue weighted by atomic mass is 10.1. The van der Waals surface area contributed by atoms with E-state index in [1.165, 1.54) is 0 Å². The molecule has 0 unspecified atom stereocenters. The maximum Gasteiger partial charge on any atom is 0.256 e. The van der Waals surface area contributed by atoms with Gasteiger partial charge in [0.05, 0.1) is 17.5 Å². The largest absolute Gasteiger partial charge is 0.362 e. The molecule has 2 aromatic rings. The Morgan fingerprint density at radius 3 is 3.06 bits per heavy atom. The van der Waals surface area contributed by atoms with Crippen molar-refractivity contribution in [1.82, 2.24) is 9.97 Å². The molecule has 0 spiro atoms. The molecule has 78 valence electrons. The molecule has 0 saturated heterocycles. The Kier molecular flexibility index (Phi) is 1.86. The smallest absolute Gasteiger partial charge is 0.256 e. The molecule has 2 aromatic heterocycles. The number of fused-ring (bicyclic) bond motifs is 1. The number of rotatable bonds is 1. The van der Waals surface area contributed by atoms with Gasteiger partial charge in [0.15, 0.2) is 0 Å². The van der Waals surface area contributed by atoms with Gasteiger partial charge in [-0.3, -0.25) is 9.78 Å². The van der Waals surface area contributed by atoms with Crippen LogP contribution in [0.2, 0.25) is 0 Å². The van der Waals surface area contributed by atoms with Crippen molar-refractivity contribution in [1.29, 1.82) is 0 Å². The predicted octanol–water partition coefficient (Wildman–Crippen LogP) is 1.90. The lowest BCUT2D eigenvalue weighted by Crippen LogP contribution is -2.03. The van der Waals surface area contributed by atoms with E-state index in [1.807, 2.05) is 30.5 Å². The Balaban J connectivity index is 2.12. The van der Waals surface area contributed by atoms with E-state index in [1.54, 1.807) is 12.4 Å². The van der Waals surface area contributed by atoms with Crippen molar-refractivity contribution in [3.8, 4) is 0 Å². The van der Waals surface area contributed by atoms with Gasteiger partial charge in [-0.15, -0.1) is 0 Å². The number of nitrogens with one attached hydrogen (secondary N) is 2. The molecule has 1 aliphatic rings. The van der Waals surface area contributed by atoms with Crippen molar-refractivity contribution >= 4 is 23.2 Å². The van der Waals surface area contributed by atoms with Gasteiger partial charge in [-0.1, -0.05) is 0 Å². The molecule has 0 saturated carbocycles. The summed E-state index contributed by atoms with van der Waals surface area (Å²) in [7, 11) is 0. The fourth-order valence-corrected chi connectivity index (χ4v) is 1.77. The predicted molar refractivity (Wildman–Crippen MR) is 61.5 cm³/mol. The van der Waals surface area contributed by atoms with E-state index in [0.29, 0.717) is 5.57 Å². The Hall–Kier alpha value is -2.36. The van der Waals surface area contributed by atoms with Gasteiger partial charge in [0, 0.05) is 23.7 Å². The summed E-state index contributed by atoms with van der Waals surface area (Å²) < 4.78 is 0. The number of pyridine rings is 1. The minimum Gasteiger partial charge on any atom is -0.362 e. The van der Waals surface area contributed by atoms with Crippen molar-refractivity contribution in [2.24, 2.45) is 0 Å². The average Bonchev–Trinajstić information content (AvgIpc) is 2.89. The number of aromatic nitrogens is 2. The number of H-pyrrole nitrogens is 1. The normalized spacial score (nSPS) is 16.2. The Morgan fingerprint density at radius 1 is 1.31 bits per heavy atom. The second-order valence-electron chi connectivity index (χ2n) is 3.56. The lowest BCUT2D eigenvalue weighted by Gasteiger charge is -1.95. The molecular formula is C12H9N3O. The van der Waals surface area contributed by atoms with Crippen molar-refractivity contribution in [3.05, 3.63) is 48.0 Å². The average molecular weight is 211 g/mol. The van der Waals surface area contributed by atoms with Gasteiger partial charge < -0.3 is 10.3 Å². The minimum absolute atomic E-state index is 0.0856. The topological polar surface area (TPSA) is 57.8 Å². The SMILES string of the molecule is O=C1Nc2cnccc2C1=Cc1ccc[nH]1. The van der Waals surface area contributed by atoms with Gasteiger partial charge in [-0.2, -0.15) is 0 Å². The van der Waals surface area contributed by atoms with E-state index in [9.17, 15) is 4.79 Å². The molecule has 0 atom stereocenters. The third kappa shape index (κ3) is 1.32. The number of amides is 1. The Labute approximate surface area is 92.0 Å². The number of hydrogen-bond acceptors (Lipinski definition) is 2. The maximum absolute atomic E-state index is 11.7. The van der Waals surface area contributed by atoms with Gasteiger partial charge in [-0.05, 0) is 24.3 Å². The summed E-state index contributed by atoms with van der Waals surface area (Å²) >= 11 is 0. The fraction of sp³-hybridized carbons (Fsp3) is 0. The van der Waals surface area contributed by atoms with Crippen LogP contribution in [0.15, 0.2) is 36.8 Å². The van der Waals surface area contributed by atoms with Gasteiger partial charge >= 0.3 is 0 Å². The molecule has 1 amide bonds. The van der Waals surface area contributed by atoms with E-state index in [4.69, 9.17) is 0 Å². The molecule has 0 aromatic carbocycles. The van der Waals surface area contributed by atoms with Crippen LogP contribution in [0, 0.1) is 0 Å². The van der Waals surface area contributed by atoms with Crippen LogP contribution in [0.4, 0.5) is 5.69 Å². The summed E-state index contributed by atoms with van der Waals surface area (Å²) in [5.41, 5.74) is 3.24. The van der Waals surface area contributed by atoms with Crippen LogP contribution in [0.25, 0.3) is 11.6 Å². The second kappa shape index (κ2) is 3.34. The minimum atomic E-state index is -0.0856. The highest BCUT2D eigenvalue weighted by molar-refractivity contribution is 6.34. The summed E-state index contributed by atoms with van der Waals surface area (Å²) in [5, 5.41) is 2.78. The highest BCUT2D eigenvalue weighted by atomic mass is 16.2. The summed E-state index contributed by atoms with van der Waals surface area (Å²) in [6, 6.07) is 5.65. The molecule has 0 fully saturated rings. The highest BCUT2D eigenvalue weighted by Crippen LogP contribution is 2.31. The van der Waals surface area contributed by atoms with E-state index in [0.717, 1.165) is 16.9 Å². The number of carbonyl (C=O) groups excluding carboxylic acids is 1. The standard InChI is InChI=1S/C12H9N3O/c16-12-10(6-8-2-1-4-14-8)9-3-5-13-7-11(9)15-12/h1-7,14H,(H,15,16). The first-order chi connectivity index (χ1) is 7.84. The highest BCUT2D eigenvalue weighted by Gasteiger charge is 2.23. The van der Waals surface area contributed by atoms with E-state index < -0.39 is 0 Å². The van der Waals surface area contributed by atoms with Crippen molar-refractivity contribution in [2.75, 3.05) is 5.32 Å². The molecule has 0 bridgehead atoms. The molecule has 1 aliphatic heterocycles. The number of carbonyl (C=O) groups is 1. The first-order valence-electron chi connectivity index (χ1n) is 4.95. The van der Waals surface area contributed by atoms with Crippen LogP contribution in [0.5, 0.6) is 0 Å². The number of nitrogens with zero attached hydrogens (tertiary/aromatic N) is 1. The summed E-state index contributed by atoms with van der Waals surface area (Å²) in [6.07, 6.45) is 7.00. The molecule has 4 heteroatoms. The molecule has 16 heavy (non-hydrogen) atoms. The molecule has 4 nitrogen and oxygen atoms in total. The van der Waals surface area contributed by atoms with Gasteiger partial charge in [0.25, 0.3) is 5.91 Å². The maximum atomic E-state index is 11.7. The van der Waals surface area contributed by atoms with Crippen LogP contribution in [-0.2, 0) is 4.79 Å². The Bertz CT molecular complexity index is 570. The molecular weight excluding hydrogens is 202 g/mol. The zero-order chi connectivity index (χ0) is 11.0. The first kappa shape index (κ1) is 8.91. The monoisotopic (exact) mass is 211 g/mol. The summed E-state index contributed by atoms with van der Waals surface area (Å²) in [4.78, 5) is 18.8. The van der Waals surface area contributed by atoms with Crippen LogP contribution in [0.1, 0.15) is 11.3 Å². The summed E-state index contributed by atoms with van der Waals surface area (Å²) in [5.74, 6) is -0.0856. The van der Waals surface area contributed by atoms with Crippen LogP contribution < -0.4 is 5.32 Å². The van der Waals surface area contributed by atoms with Crippen molar-refractivity contribution < 1.29 is 4.79 Å². The van der Waals surface area contributed by atoms with Crippen LogP contribution in [0.3, 0.4) is 0 Å². The number of hydrogen-bond donors (Lipinski definition) is 2.